The first-order valence-corrected chi connectivity index (χ1v) is 10.6. The van der Waals surface area contributed by atoms with Gasteiger partial charge in [0, 0.05) is 5.69 Å². The van der Waals surface area contributed by atoms with E-state index in [0.717, 1.165) is 35.6 Å². The summed E-state index contributed by atoms with van der Waals surface area (Å²) in [7, 11) is 0. The Bertz CT molecular complexity index is 778. The number of hydrogen-bond acceptors (Lipinski definition) is 3. The molecule has 5 heteroatoms. The Balaban J connectivity index is 1.73. The van der Waals surface area contributed by atoms with Gasteiger partial charge < -0.3 is 4.74 Å². The van der Waals surface area contributed by atoms with Crippen LogP contribution in [0.1, 0.15) is 49.1 Å². The van der Waals surface area contributed by atoms with E-state index in [2.05, 4.69) is 6.92 Å². The SMILES string of the molecule is CCCCCCOc1ccc(N2C(=O)CSC2c2ccc(F)cc2)c(C)c1. The van der Waals surface area contributed by atoms with Crippen molar-refractivity contribution >= 4 is 23.4 Å². The number of halogens is 1. The Labute approximate surface area is 164 Å². The van der Waals surface area contributed by atoms with E-state index in [1.165, 1.54) is 31.4 Å². The molecule has 0 saturated carbocycles. The first kappa shape index (κ1) is 19.7. The van der Waals surface area contributed by atoms with E-state index in [-0.39, 0.29) is 17.1 Å². The number of aryl methyl sites for hydroxylation is 1. The minimum atomic E-state index is -0.267. The van der Waals surface area contributed by atoms with Crippen LogP contribution in [-0.4, -0.2) is 18.3 Å². The average molecular weight is 388 g/mol. The van der Waals surface area contributed by atoms with E-state index in [9.17, 15) is 9.18 Å². The lowest BCUT2D eigenvalue weighted by molar-refractivity contribution is -0.115. The third kappa shape index (κ3) is 4.83. The van der Waals surface area contributed by atoms with Gasteiger partial charge in [0.2, 0.25) is 5.91 Å². The fraction of sp³-hybridized carbons (Fsp3) is 0.409. The van der Waals surface area contributed by atoms with Crippen LogP contribution in [0.4, 0.5) is 10.1 Å². The number of carbonyl (C=O) groups excluding carboxylic acids is 1. The number of rotatable bonds is 8. The van der Waals surface area contributed by atoms with Crippen molar-refractivity contribution in [1.29, 1.82) is 0 Å². The molecule has 0 radical (unpaired) electrons. The molecule has 1 heterocycles. The summed E-state index contributed by atoms with van der Waals surface area (Å²) in [5.41, 5.74) is 2.82. The van der Waals surface area contributed by atoms with Crippen molar-refractivity contribution < 1.29 is 13.9 Å². The number of thioether (sulfide) groups is 1. The fourth-order valence-corrected chi connectivity index (χ4v) is 4.43. The number of amides is 1. The molecule has 0 N–H and O–H groups in total. The van der Waals surface area contributed by atoms with Gasteiger partial charge in [-0.25, -0.2) is 4.39 Å². The highest BCUT2D eigenvalue weighted by Crippen LogP contribution is 2.43. The van der Waals surface area contributed by atoms with Crippen LogP contribution in [0.2, 0.25) is 0 Å². The number of unbranched alkanes of at least 4 members (excludes halogenated alkanes) is 3. The van der Waals surface area contributed by atoms with E-state index in [4.69, 9.17) is 4.74 Å². The van der Waals surface area contributed by atoms with Crippen molar-refractivity contribution in [3.8, 4) is 5.75 Å². The van der Waals surface area contributed by atoms with E-state index >= 15 is 0 Å². The van der Waals surface area contributed by atoms with Gasteiger partial charge in [0.25, 0.3) is 0 Å². The van der Waals surface area contributed by atoms with Gasteiger partial charge in [0.1, 0.15) is 16.9 Å². The van der Waals surface area contributed by atoms with Gasteiger partial charge in [0.05, 0.1) is 12.4 Å². The monoisotopic (exact) mass is 387 g/mol. The van der Waals surface area contributed by atoms with Crippen molar-refractivity contribution in [3.63, 3.8) is 0 Å². The van der Waals surface area contributed by atoms with E-state index in [1.54, 1.807) is 23.9 Å². The number of hydrogen-bond donors (Lipinski definition) is 0. The van der Waals surface area contributed by atoms with Crippen molar-refractivity contribution in [3.05, 3.63) is 59.4 Å². The second-order valence-electron chi connectivity index (χ2n) is 6.84. The zero-order valence-electron chi connectivity index (χ0n) is 15.9. The van der Waals surface area contributed by atoms with Gasteiger partial charge in [-0.3, -0.25) is 9.69 Å². The molecule has 1 fully saturated rings. The lowest BCUT2D eigenvalue weighted by Crippen LogP contribution is -2.28. The predicted molar refractivity (Wildman–Crippen MR) is 110 cm³/mol. The Kier molecular flexibility index (Phi) is 6.78. The number of benzene rings is 2. The summed E-state index contributed by atoms with van der Waals surface area (Å²) in [6.45, 7) is 4.91. The van der Waals surface area contributed by atoms with Crippen LogP contribution < -0.4 is 9.64 Å². The van der Waals surface area contributed by atoms with Crippen LogP contribution in [0, 0.1) is 12.7 Å². The second-order valence-corrected chi connectivity index (χ2v) is 7.90. The summed E-state index contributed by atoms with van der Waals surface area (Å²) in [6, 6.07) is 12.3. The molecule has 0 spiro atoms. The lowest BCUT2D eigenvalue weighted by Gasteiger charge is -2.26. The highest BCUT2D eigenvalue weighted by atomic mass is 32.2. The highest BCUT2D eigenvalue weighted by molar-refractivity contribution is 8.00. The molecule has 1 saturated heterocycles. The molecular formula is C22H26FNO2S. The normalized spacial score (nSPS) is 16.8. The largest absolute Gasteiger partial charge is 0.494 e. The third-order valence-electron chi connectivity index (χ3n) is 4.72. The topological polar surface area (TPSA) is 29.5 Å². The summed E-state index contributed by atoms with van der Waals surface area (Å²) < 4.78 is 19.1. The maximum absolute atomic E-state index is 13.2. The third-order valence-corrected chi connectivity index (χ3v) is 5.93. The molecule has 0 bridgehead atoms. The molecule has 27 heavy (non-hydrogen) atoms. The Morgan fingerprint density at radius 1 is 1.15 bits per heavy atom. The maximum atomic E-state index is 13.2. The Hall–Kier alpha value is -2.01. The van der Waals surface area contributed by atoms with E-state index in [0.29, 0.717) is 5.75 Å². The predicted octanol–water partition coefficient (Wildman–Crippen LogP) is 5.87. The lowest BCUT2D eigenvalue weighted by atomic mass is 10.1. The molecule has 3 nitrogen and oxygen atoms in total. The summed E-state index contributed by atoms with van der Waals surface area (Å²) in [4.78, 5) is 14.4. The molecule has 1 atom stereocenters. The van der Waals surface area contributed by atoms with Gasteiger partial charge in [-0.2, -0.15) is 0 Å². The van der Waals surface area contributed by atoms with Crippen LogP contribution in [-0.2, 0) is 4.79 Å². The first-order valence-electron chi connectivity index (χ1n) is 9.52. The molecule has 2 aromatic rings. The zero-order valence-corrected chi connectivity index (χ0v) is 16.7. The number of anilines is 1. The van der Waals surface area contributed by atoms with Crippen molar-refractivity contribution in [2.45, 2.75) is 44.9 Å². The Morgan fingerprint density at radius 3 is 2.63 bits per heavy atom. The zero-order chi connectivity index (χ0) is 19.2. The van der Waals surface area contributed by atoms with Crippen molar-refractivity contribution in [1.82, 2.24) is 0 Å². The molecule has 3 rings (SSSR count). The second kappa shape index (κ2) is 9.27. The fourth-order valence-electron chi connectivity index (χ4n) is 3.27. The van der Waals surface area contributed by atoms with E-state index in [1.807, 2.05) is 30.0 Å². The molecule has 0 aliphatic carbocycles. The molecule has 2 aromatic carbocycles. The average Bonchev–Trinajstić information content (AvgIpc) is 3.04. The first-order chi connectivity index (χ1) is 13.1. The molecular weight excluding hydrogens is 361 g/mol. The van der Waals surface area contributed by atoms with Gasteiger partial charge >= 0.3 is 0 Å². The summed E-state index contributed by atoms with van der Waals surface area (Å²) in [5.74, 6) is 1.07. The molecule has 144 valence electrons. The quantitative estimate of drug-likeness (QED) is 0.530. The Morgan fingerprint density at radius 2 is 1.93 bits per heavy atom. The van der Waals surface area contributed by atoms with Crippen LogP contribution in [0.5, 0.6) is 5.75 Å². The smallest absolute Gasteiger partial charge is 0.238 e. The van der Waals surface area contributed by atoms with Crippen molar-refractivity contribution in [2.24, 2.45) is 0 Å². The minimum absolute atomic E-state index is 0.0747. The maximum Gasteiger partial charge on any atom is 0.238 e. The number of nitrogens with zero attached hydrogens (tertiary/aromatic N) is 1. The van der Waals surface area contributed by atoms with Gasteiger partial charge in [-0.1, -0.05) is 38.3 Å². The highest BCUT2D eigenvalue weighted by Gasteiger charge is 2.34. The molecule has 1 aliphatic heterocycles. The molecule has 1 amide bonds. The molecule has 1 aliphatic rings. The van der Waals surface area contributed by atoms with Crippen LogP contribution in [0.15, 0.2) is 42.5 Å². The van der Waals surface area contributed by atoms with Gasteiger partial charge in [0.15, 0.2) is 0 Å². The number of ether oxygens (including phenoxy) is 1. The van der Waals surface area contributed by atoms with E-state index < -0.39 is 0 Å². The number of carbonyl (C=O) groups is 1. The van der Waals surface area contributed by atoms with Gasteiger partial charge in [-0.15, -0.1) is 11.8 Å². The summed E-state index contributed by atoms with van der Waals surface area (Å²) >= 11 is 1.57. The summed E-state index contributed by atoms with van der Waals surface area (Å²) in [6.07, 6.45) is 4.70. The van der Waals surface area contributed by atoms with Crippen LogP contribution in [0.25, 0.3) is 0 Å². The van der Waals surface area contributed by atoms with Crippen LogP contribution in [0.3, 0.4) is 0 Å². The molecule has 0 aromatic heterocycles. The summed E-state index contributed by atoms with van der Waals surface area (Å²) in [5, 5.41) is -0.127. The van der Waals surface area contributed by atoms with Gasteiger partial charge in [-0.05, 0) is 54.8 Å². The van der Waals surface area contributed by atoms with Crippen molar-refractivity contribution in [2.75, 3.05) is 17.3 Å². The van der Waals surface area contributed by atoms with Crippen LogP contribution >= 0.6 is 11.8 Å². The minimum Gasteiger partial charge on any atom is -0.494 e. The molecule has 1 unspecified atom stereocenters. The standard InChI is InChI=1S/C22H26FNO2S/c1-3-4-5-6-13-26-19-11-12-20(16(2)14-19)24-21(25)15-27-22(24)17-7-9-18(23)10-8-17/h7-12,14,22H,3-6,13,15H2,1-2H3.